The van der Waals surface area contributed by atoms with Gasteiger partial charge < -0.3 is 10.1 Å². The third kappa shape index (κ3) is 3.19. The number of hydrogen-bond donors (Lipinski definition) is 1. The maximum atomic E-state index is 5.80. The molecular formula is C10H12ClIN2O. The number of ether oxygens (including phenoxy) is 1. The molecule has 0 amide bonds. The van der Waals surface area contributed by atoms with E-state index in [9.17, 15) is 0 Å². The molecule has 1 saturated heterocycles. The van der Waals surface area contributed by atoms with Crippen LogP contribution in [0.4, 0.5) is 5.69 Å². The summed E-state index contributed by atoms with van der Waals surface area (Å²) in [5.41, 5.74) is 1.06. The Morgan fingerprint density at radius 3 is 2.87 bits per heavy atom. The van der Waals surface area contributed by atoms with Crippen LogP contribution in [0.1, 0.15) is 12.8 Å². The van der Waals surface area contributed by atoms with Crippen LogP contribution in [0.3, 0.4) is 0 Å². The van der Waals surface area contributed by atoms with Gasteiger partial charge in [-0.3, -0.25) is 0 Å². The molecule has 0 radical (unpaired) electrons. The number of nitrogens with zero attached hydrogens (tertiary/aromatic N) is 1. The van der Waals surface area contributed by atoms with Gasteiger partial charge in [0, 0.05) is 22.8 Å². The van der Waals surface area contributed by atoms with Gasteiger partial charge in [0.15, 0.2) is 0 Å². The molecule has 3 nitrogen and oxygen atoms in total. The minimum Gasteiger partial charge on any atom is -0.381 e. The average Bonchev–Trinajstić information content (AvgIpc) is 2.24. The monoisotopic (exact) mass is 338 g/mol. The van der Waals surface area contributed by atoms with E-state index in [1.807, 2.05) is 6.07 Å². The maximum Gasteiger partial charge on any atom is 0.130 e. The van der Waals surface area contributed by atoms with Crippen LogP contribution >= 0.6 is 34.2 Å². The summed E-state index contributed by atoms with van der Waals surface area (Å²) in [6.07, 6.45) is 3.90. The molecule has 82 valence electrons. The van der Waals surface area contributed by atoms with Crippen LogP contribution in [-0.2, 0) is 4.74 Å². The lowest BCUT2D eigenvalue weighted by atomic mass is 10.1. The fourth-order valence-corrected chi connectivity index (χ4v) is 2.51. The van der Waals surface area contributed by atoms with E-state index in [4.69, 9.17) is 16.3 Å². The van der Waals surface area contributed by atoms with E-state index in [0.29, 0.717) is 11.2 Å². The van der Waals surface area contributed by atoms with Crippen molar-refractivity contribution in [2.24, 2.45) is 0 Å². The Labute approximate surface area is 108 Å². The van der Waals surface area contributed by atoms with E-state index in [2.05, 4.69) is 32.9 Å². The van der Waals surface area contributed by atoms with Crippen LogP contribution in [0, 0.1) is 3.57 Å². The molecule has 1 aliphatic rings. The highest BCUT2D eigenvalue weighted by Gasteiger charge is 2.14. The van der Waals surface area contributed by atoms with Gasteiger partial charge in [0.2, 0.25) is 0 Å². The van der Waals surface area contributed by atoms with E-state index < -0.39 is 0 Å². The molecule has 0 atom stereocenters. The van der Waals surface area contributed by atoms with Crippen molar-refractivity contribution in [2.45, 2.75) is 18.9 Å². The van der Waals surface area contributed by atoms with E-state index in [-0.39, 0.29) is 0 Å². The predicted molar refractivity (Wildman–Crippen MR) is 69.4 cm³/mol. The smallest absolute Gasteiger partial charge is 0.130 e. The quantitative estimate of drug-likeness (QED) is 0.665. The lowest BCUT2D eigenvalue weighted by Crippen LogP contribution is -2.28. The zero-order valence-electron chi connectivity index (χ0n) is 8.17. The standard InChI is InChI=1S/C10H12ClIN2O/c11-10-5-8(12)9(6-13-10)14-7-1-3-15-4-2-7/h5-7,14H,1-4H2. The van der Waals surface area contributed by atoms with Crippen LogP contribution in [0.15, 0.2) is 12.3 Å². The molecular weight excluding hydrogens is 326 g/mol. The van der Waals surface area contributed by atoms with Crippen molar-refractivity contribution in [3.63, 3.8) is 0 Å². The van der Waals surface area contributed by atoms with Gasteiger partial charge >= 0.3 is 0 Å². The molecule has 15 heavy (non-hydrogen) atoms. The lowest BCUT2D eigenvalue weighted by Gasteiger charge is -2.24. The van der Waals surface area contributed by atoms with Crippen LogP contribution in [-0.4, -0.2) is 24.2 Å². The average molecular weight is 339 g/mol. The summed E-state index contributed by atoms with van der Waals surface area (Å²) in [6, 6.07) is 2.36. The van der Waals surface area contributed by atoms with Gasteiger partial charge in [-0.1, -0.05) is 11.6 Å². The Hall–Kier alpha value is -0.0700. The van der Waals surface area contributed by atoms with E-state index in [1.165, 1.54) is 0 Å². The third-order valence-corrected chi connectivity index (χ3v) is 3.50. The van der Waals surface area contributed by atoms with Gasteiger partial charge in [-0.05, 0) is 41.5 Å². The van der Waals surface area contributed by atoms with Crippen LogP contribution in [0.25, 0.3) is 0 Å². The summed E-state index contributed by atoms with van der Waals surface area (Å²) >= 11 is 8.06. The molecule has 1 N–H and O–H groups in total. The Bertz CT molecular complexity index is 342. The van der Waals surface area contributed by atoms with Gasteiger partial charge in [-0.2, -0.15) is 0 Å². The normalized spacial score (nSPS) is 17.7. The first-order chi connectivity index (χ1) is 7.25. The van der Waals surface area contributed by atoms with Gasteiger partial charge in [-0.25, -0.2) is 4.98 Å². The molecule has 5 heteroatoms. The van der Waals surface area contributed by atoms with Crippen molar-refractivity contribution in [2.75, 3.05) is 18.5 Å². The molecule has 1 aromatic rings. The second-order valence-corrected chi connectivity index (χ2v) is 5.07. The Kier molecular flexibility index (Phi) is 4.05. The first-order valence-electron chi connectivity index (χ1n) is 4.91. The first-order valence-corrected chi connectivity index (χ1v) is 6.37. The fourth-order valence-electron chi connectivity index (χ4n) is 1.58. The van der Waals surface area contributed by atoms with E-state index >= 15 is 0 Å². The molecule has 0 unspecified atom stereocenters. The maximum absolute atomic E-state index is 5.80. The molecule has 2 rings (SSSR count). The van der Waals surface area contributed by atoms with Gasteiger partial charge in [-0.15, -0.1) is 0 Å². The molecule has 2 heterocycles. The minimum atomic E-state index is 0.496. The van der Waals surface area contributed by atoms with Crippen molar-refractivity contribution in [1.29, 1.82) is 0 Å². The zero-order chi connectivity index (χ0) is 10.7. The topological polar surface area (TPSA) is 34.1 Å². The SMILES string of the molecule is Clc1cc(I)c(NC2CCOCC2)cn1. The summed E-state index contributed by atoms with van der Waals surface area (Å²) in [7, 11) is 0. The second-order valence-electron chi connectivity index (χ2n) is 3.52. The highest BCUT2D eigenvalue weighted by Crippen LogP contribution is 2.22. The summed E-state index contributed by atoms with van der Waals surface area (Å²) < 4.78 is 6.42. The zero-order valence-corrected chi connectivity index (χ0v) is 11.1. The Morgan fingerprint density at radius 1 is 1.47 bits per heavy atom. The Balaban J connectivity index is 2.03. The summed E-state index contributed by atoms with van der Waals surface area (Å²) in [5, 5.41) is 4.01. The minimum absolute atomic E-state index is 0.496. The van der Waals surface area contributed by atoms with Gasteiger partial charge in [0.05, 0.1) is 11.9 Å². The number of aromatic nitrogens is 1. The van der Waals surface area contributed by atoms with E-state index in [1.54, 1.807) is 6.20 Å². The van der Waals surface area contributed by atoms with Crippen molar-refractivity contribution in [1.82, 2.24) is 4.98 Å². The number of pyridine rings is 1. The Morgan fingerprint density at radius 2 is 2.20 bits per heavy atom. The number of halogens is 2. The van der Waals surface area contributed by atoms with Crippen molar-refractivity contribution in [3.8, 4) is 0 Å². The largest absolute Gasteiger partial charge is 0.381 e. The fraction of sp³-hybridized carbons (Fsp3) is 0.500. The molecule has 0 saturated carbocycles. The van der Waals surface area contributed by atoms with Crippen LogP contribution in [0.2, 0.25) is 5.15 Å². The molecule has 1 aromatic heterocycles. The molecule has 0 aliphatic carbocycles. The van der Waals surface area contributed by atoms with Gasteiger partial charge in [0.25, 0.3) is 0 Å². The molecule has 1 fully saturated rings. The molecule has 1 aliphatic heterocycles. The second kappa shape index (κ2) is 5.32. The van der Waals surface area contributed by atoms with Gasteiger partial charge in [0.1, 0.15) is 5.15 Å². The molecule has 0 bridgehead atoms. The first kappa shape index (κ1) is 11.4. The molecule has 0 spiro atoms. The third-order valence-electron chi connectivity index (χ3n) is 2.40. The number of hydrogen-bond acceptors (Lipinski definition) is 3. The summed E-state index contributed by atoms with van der Waals surface area (Å²) in [5.74, 6) is 0. The number of nitrogens with one attached hydrogen (secondary N) is 1. The molecule has 0 aromatic carbocycles. The van der Waals surface area contributed by atoms with Crippen molar-refractivity contribution in [3.05, 3.63) is 21.0 Å². The van der Waals surface area contributed by atoms with Crippen molar-refractivity contribution < 1.29 is 4.74 Å². The van der Waals surface area contributed by atoms with Crippen molar-refractivity contribution >= 4 is 39.9 Å². The highest BCUT2D eigenvalue weighted by molar-refractivity contribution is 14.1. The van der Waals surface area contributed by atoms with Crippen LogP contribution in [0.5, 0.6) is 0 Å². The van der Waals surface area contributed by atoms with E-state index in [0.717, 1.165) is 35.3 Å². The number of rotatable bonds is 2. The predicted octanol–water partition coefficient (Wildman–Crippen LogP) is 2.93. The summed E-state index contributed by atoms with van der Waals surface area (Å²) in [4.78, 5) is 4.07. The lowest BCUT2D eigenvalue weighted by molar-refractivity contribution is 0.0904. The highest BCUT2D eigenvalue weighted by atomic mass is 127. The van der Waals surface area contributed by atoms with Crippen LogP contribution < -0.4 is 5.32 Å². The number of anilines is 1. The summed E-state index contributed by atoms with van der Waals surface area (Å²) in [6.45, 7) is 1.69.